The van der Waals surface area contributed by atoms with Gasteiger partial charge >= 0.3 is 0 Å². The van der Waals surface area contributed by atoms with Crippen molar-refractivity contribution >= 4 is 26.7 Å². The largest absolute Gasteiger partial charge is 0.0654 e. The predicted molar refractivity (Wildman–Crippen MR) is 110 cm³/mol. The number of benzene rings is 2. The van der Waals surface area contributed by atoms with E-state index in [1.165, 1.54) is 79.5 Å². The molecule has 0 bridgehead atoms. The number of halogens is 1. The summed E-state index contributed by atoms with van der Waals surface area (Å²) in [6.45, 7) is 2.30. The van der Waals surface area contributed by atoms with Crippen LogP contribution in [0.25, 0.3) is 10.8 Å². The van der Waals surface area contributed by atoms with Crippen LogP contribution in [0.15, 0.2) is 40.9 Å². The second-order valence-corrected chi connectivity index (χ2v) is 8.59. The fraction of sp³-hybridized carbons (Fsp3) is 0.565. The molecular formula is C23H31Br. The molecule has 2 aromatic rings. The molecule has 130 valence electrons. The fourth-order valence-corrected chi connectivity index (χ4v) is 4.69. The van der Waals surface area contributed by atoms with Crippen LogP contribution in [0, 0.1) is 5.92 Å². The summed E-state index contributed by atoms with van der Waals surface area (Å²) in [6, 6.07) is 13.7. The Balaban J connectivity index is 1.50. The Labute approximate surface area is 156 Å². The minimum Gasteiger partial charge on any atom is -0.0654 e. The lowest BCUT2D eigenvalue weighted by molar-refractivity contribution is 0.302. The van der Waals surface area contributed by atoms with Crippen molar-refractivity contribution in [1.82, 2.24) is 0 Å². The average molecular weight is 387 g/mol. The Kier molecular flexibility index (Phi) is 6.77. The van der Waals surface area contributed by atoms with Gasteiger partial charge in [-0.3, -0.25) is 0 Å². The summed E-state index contributed by atoms with van der Waals surface area (Å²) in [5.74, 6) is 1.79. The summed E-state index contributed by atoms with van der Waals surface area (Å²) in [6.07, 6.45) is 14.3. The van der Waals surface area contributed by atoms with Crippen LogP contribution in [-0.2, 0) is 0 Å². The summed E-state index contributed by atoms with van der Waals surface area (Å²) < 4.78 is 1.17. The third-order valence-electron chi connectivity index (χ3n) is 5.86. The zero-order chi connectivity index (χ0) is 16.8. The first kappa shape index (κ1) is 18.0. The van der Waals surface area contributed by atoms with E-state index in [0.717, 1.165) is 11.8 Å². The van der Waals surface area contributed by atoms with Crippen LogP contribution in [0.2, 0.25) is 0 Å². The van der Waals surface area contributed by atoms with E-state index in [0.29, 0.717) is 0 Å². The topological polar surface area (TPSA) is 0 Å². The highest BCUT2D eigenvalue weighted by Crippen LogP contribution is 2.38. The summed E-state index contributed by atoms with van der Waals surface area (Å²) in [4.78, 5) is 0. The molecule has 0 spiro atoms. The quantitative estimate of drug-likeness (QED) is 0.420. The summed E-state index contributed by atoms with van der Waals surface area (Å²) in [5.41, 5.74) is 1.56. The number of hydrogen-bond acceptors (Lipinski definition) is 0. The van der Waals surface area contributed by atoms with E-state index in [1.807, 2.05) is 0 Å². The van der Waals surface area contributed by atoms with E-state index in [-0.39, 0.29) is 0 Å². The Morgan fingerprint density at radius 2 is 1.54 bits per heavy atom. The molecule has 3 rings (SSSR count). The molecule has 0 N–H and O–H groups in total. The van der Waals surface area contributed by atoms with Crippen molar-refractivity contribution in [3.05, 3.63) is 46.4 Å². The second-order valence-electron chi connectivity index (χ2n) is 7.67. The van der Waals surface area contributed by atoms with Crippen LogP contribution in [0.5, 0.6) is 0 Å². The third-order valence-corrected chi connectivity index (χ3v) is 6.35. The zero-order valence-corrected chi connectivity index (χ0v) is 16.7. The van der Waals surface area contributed by atoms with Crippen molar-refractivity contribution in [2.45, 2.75) is 77.0 Å². The first-order chi connectivity index (χ1) is 11.8. The van der Waals surface area contributed by atoms with Gasteiger partial charge in [-0.05, 0) is 66.0 Å². The Morgan fingerprint density at radius 3 is 2.33 bits per heavy atom. The number of unbranched alkanes of at least 4 members (excludes halogenated alkanes) is 4. The van der Waals surface area contributed by atoms with E-state index < -0.39 is 0 Å². The lowest BCUT2D eigenvalue weighted by Gasteiger charge is -2.29. The molecule has 0 saturated heterocycles. The van der Waals surface area contributed by atoms with Crippen LogP contribution in [0.3, 0.4) is 0 Å². The van der Waals surface area contributed by atoms with Crippen molar-refractivity contribution in [1.29, 1.82) is 0 Å². The molecule has 1 fully saturated rings. The second kappa shape index (κ2) is 9.04. The minimum atomic E-state index is 0.786. The van der Waals surface area contributed by atoms with E-state index >= 15 is 0 Å². The van der Waals surface area contributed by atoms with Gasteiger partial charge < -0.3 is 0 Å². The summed E-state index contributed by atoms with van der Waals surface area (Å²) >= 11 is 3.57. The van der Waals surface area contributed by atoms with Gasteiger partial charge in [-0.2, -0.15) is 0 Å². The third kappa shape index (κ3) is 4.85. The molecule has 0 heterocycles. The van der Waals surface area contributed by atoms with Gasteiger partial charge in [0.25, 0.3) is 0 Å². The molecule has 2 aromatic carbocycles. The van der Waals surface area contributed by atoms with Crippen LogP contribution < -0.4 is 0 Å². The summed E-state index contributed by atoms with van der Waals surface area (Å²) in [7, 11) is 0. The van der Waals surface area contributed by atoms with Crippen molar-refractivity contribution in [3.8, 4) is 0 Å². The summed E-state index contributed by atoms with van der Waals surface area (Å²) in [5, 5.41) is 2.72. The SMILES string of the molecule is CCCCCCCC1CCC(c2ccc3cc(Br)ccc3c2)CC1. The van der Waals surface area contributed by atoms with Gasteiger partial charge in [-0.15, -0.1) is 0 Å². The Morgan fingerprint density at radius 1 is 0.833 bits per heavy atom. The number of fused-ring (bicyclic) bond motifs is 1. The van der Waals surface area contributed by atoms with Crippen molar-refractivity contribution in [3.63, 3.8) is 0 Å². The molecule has 1 aliphatic carbocycles. The molecule has 1 aliphatic rings. The molecule has 0 unspecified atom stereocenters. The number of rotatable bonds is 7. The monoisotopic (exact) mass is 386 g/mol. The number of hydrogen-bond donors (Lipinski definition) is 0. The van der Waals surface area contributed by atoms with Gasteiger partial charge in [0.2, 0.25) is 0 Å². The predicted octanol–water partition coefficient (Wildman–Crippen LogP) is 8.24. The molecular weight excluding hydrogens is 356 g/mol. The molecule has 0 nitrogen and oxygen atoms in total. The fourth-order valence-electron chi connectivity index (χ4n) is 4.31. The standard InChI is InChI=1S/C23H31Br/c1-2-3-4-5-6-7-18-8-10-19(11-9-18)20-12-13-22-17-23(24)15-14-21(22)16-20/h12-19H,2-11H2,1H3. The first-order valence-corrected chi connectivity index (χ1v) is 10.7. The molecule has 0 amide bonds. The van der Waals surface area contributed by atoms with E-state index in [9.17, 15) is 0 Å². The highest BCUT2D eigenvalue weighted by molar-refractivity contribution is 9.10. The van der Waals surface area contributed by atoms with Gasteiger partial charge in [0.1, 0.15) is 0 Å². The van der Waals surface area contributed by atoms with Gasteiger partial charge in [-0.25, -0.2) is 0 Å². The maximum Gasteiger partial charge on any atom is 0.0181 e. The van der Waals surface area contributed by atoms with Crippen molar-refractivity contribution < 1.29 is 0 Å². The maximum atomic E-state index is 3.57. The van der Waals surface area contributed by atoms with Crippen LogP contribution >= 0.6 is 15.9 Å². The van der Waals surface area contributed by atoms with E-state index in [1.54, 1.807) is 5.56 Å². The first-order valence-electron chi connectivity index (χ1n) is 9.95. The van der Waals surface area contributed by atoms with E-state index in [4.69, 9.17) is 0 Å². The highest BCUT2D eigenvalue weighted by atomic mass is 79.9. The van der Waals surface area contributed by atoms with Crippen molar-refractivity contribution in [2.75, 3.05) is 0 Å². The molecule has 1 saturated carbocycles. The normalized spacial score (nSPS) is 21.2. The lowest BCUT2D eigenvalue weighted by Crippen LogP contribution is -2.13. The van der Waals surface area contributed by atoms with Crippen LogP contribution in [0.1, 0.15) is 82.6 Å². The highest BCUT2D eigenvalue weighted by Gasteiger charge is 2.22. The zero-order valence-electron chi connectivity index (χ0n) is 15.1. The molecule has 24 heavy (non-hydrogen) atoms. The molecule has 0 atom stereocenters. The van der Waals surface area contributed by atoms with Crippen molar-refractivity contribution in [2.24, 2.45) is 5.92 Å². The van der Waals surface area contributed by atoms with E-state index in [2.05, 4.69) is 59.3 Å². The maximum absolute atomic E-state index is 3.57. The minimum absolute atomic E-state index is 0.786. The molecule has 1 heteroatoms. The average Bonchev–Trinajstić information content (AvgIpc) is 2.62. The Hall–Kier alpha value is -0.820. The Bertz CT molecular complexity index is 638. The molecule has 0 aliphatic heterocycles. The van der Waals surface area contributed by atoms with Gasteiger partial charge in [0.05, 0.1) is 0 Å². The van der Waals surface area contributed by atoms with Crippen LogP contribution in [-0.4, -0.2) is 0 Å². The van der Waals surface area contributed by atoms with Crippen LogP contribution in [0.4, 0.5) is 0 Å². The van der Waals surface area contributed by atoms with Gasteiger partial charge in [0.15, 0.2) is 0 Å². The lowest BCUT2D eigenvalue weighted by atomic mass is 9.77. The van der Waals surface area contributed by atoms with Gasteiger partial charge in [0, 0.05) is 4.47 Å². The molecule has 0 aromatic heterocycles. The molecule has 0 radical (unpaired) electrons. The smallest absolute Gasteiger partial charge is 0.0181 e. The van der Waals surface area contributed by atoms with Gasteiger partial charge in [-0.1, -0.05) is 85.6 Å².